The van der Waals surface area contributed by atoms with Crippen molar-refractivity contribution >= 4 is 5.91 Å². The zero-order chi connectivity index (χ0) is 8.27. The second-order valence-corrected chi connectivity index (χ2v) is 3.33. The molecule has 0 aromatic carbocycles. The second-order valence-electron chi connectivity index (χ2n) is 3.33. The standard InChI is InChI=1S/C9H17NO/c1-3-4-7-10-8(2)5-6-9(10)11/h8H,3-7H2,1-2H3. The van der Waals surface area contributed by atoms with Crippen molar-refractivity contribution in [2.75, 3.05) is 6.54 Å². The van der Waals surface area contributed by atoms with Gasteiger partial charge in [-0.15, -0.1) is 0 Å². The van der Waals surface area contributed by atoms with E-state index in [0.29, 0.717) is 11.9 Å². The van der Waals surface area contributed by atoms with Crippen LogP contribution in [0, 0.1) is 0 Å². The predicted octanol–water partition coefficient (Wildman–Crippen LogP) is 1.80. The maximum Gasteiger partial charge on any atom is 0.222 e. The molecule has 1 amide bonds. The molecule has 0 N–H and O–H groups in total. The Labute approximate surface area is 68.6 Å². The van der Waals surface area contributed by atoms with Gasteiger partial charge in [-0.2, -0.15) is 0 Å². The molecule has 0 spiro atoms. The highest BCUT2D eigenvalue weighted by molar-refractivity contribution is 5.78. The van der Waals surface area contributed by atoms with Crippen LogP contribution >= 0.6 is 0 Å². The summed E-state index contributed by atoms with van der Waals surface area (Å²) < 4.78 is 0. The molecule has 0 radical (unpaired) electrons. The Bertz CT molecular complexity index is 144. The smallest absolute Gasteiger partial charge is 0.222 e. The van der Waals surface area contributed by atoms with Gasteiger partial charge in [0.2, 0.25) is 5.91 Å². The van der Waals surface area contributed by atoms with Crippen molar-refractivity contribution in [1.29, 1.82) is 0 Å². The Morgan fingerprint density at radius 3 is 2.82 bits per heavy atom. The molecule has 1 heterocycles. The van der Waals surface area contributed by atoms with E-state index in [0.717, 1.165) is 25.8 Å². The highest BCUT2D eigenvalue weighted by Crippen LogP contribution is 2.18. The highest BCUT2D eigenvalue weighted by Gasteiger charge is 2.26. The molecular weight excluding hydrogens is 138 g/mol. The van der Waals surface area contributed by atoms with Crippen LogP contribution in [0.15, 0.2) is 0 Å². The van der Waals surface area contributed by atoms with Crippen LogP contribution in [0.1, 0.15) is 39.5 Å². The minimum Gasteiger partial charge on any atom is -0.340 e. The average molecular weight is 155 g/mol. The van der Waals surface area contributed by atoms with Gasteiger partial charge in [0.1, 0.15) is 0 Å². The summed E-state index contributed by atoms with van der Waals surface area (Å²) in [5, 5.41) is 0. The number of rotatable bonds is 3. The van der Waals surface area contributed by atoms with E-state index in [1.54, 1.807) is 0 Å². The van der Waals surface area contributed by atoms with Gasteiger partial charge in [0.15, 0.2) is 0 Å². The number of likely N-dealkylation sites (tertiary alicyclic amines) is 1. The summed E-state index contributed by atoms with van der Waals surface area (Å²) in [7, 11) is 0. The minimum absolute atomic E-state index is 0.353. The third-order valence-corrected chi connectivity index (χ3v) is 2.38. The van der Waals surface area contributed by atoms with Crippen LogP contribution in [-0.4, -0.2) is 23.4 Å². The fourth-order valence-corrected chi connectivity index (χ4v) is 1.55. The third-order valence-electron chi connectivity index (χ3n) is 2.38. The average Bonchev–Trinajstić information content (AvgIpc) is 2.29. The molecule has 2 nitrogen and oxygen atoms in total. The molecule has 64 valence electrons. The first kappa shape index (κ1) is 8.57. The van der Waals surface area contributed by atoms with E-state index in [2.05, 4.69) is 13.8 Å². The summed E-state index contributed by atoms with van der Waals surface area (Å²) in [6.07, 6.45) is 4.15. The Balaban J connectivity index is 2.35. The van der Waals surface area contributed by atoms with Crippen LogP contribution in [0.5, 0.6) is 0 Å². The molecule has 0 aromatic rings. The number of unbranched alkanes of at least 4 members (excludes halogenated alkanes) is 1. The summed E-state index contributed by atoms with van der Waals surface area (Å²) in [6, 6.07) is 0.494. The molecule has 0 bridgehead atoms. The fourth-order valence-electron chi connectivity index (χ4n) is 1.55. The molecule has 1 rings (SSSR count). The number of carbonyl (C=O) groups is 1. The first-order chi connectivity index (χ1) is 5.25. The lowest BCUT2D eigenvalue weighted by molar-refractivity contribution is -0.128. The number of carbonyl (C=O) groups excluding carboxylic acids is 1. The van der Waals surface area contributed by atoms with Crippen LogP contribution in [0.25, 0.3) is 0 Å². The quantitative estimate of drug-likeness (QED) is 0.608. The summed E-state index contributed by atoms with van der Waals surface area (Å²) in [6.45, 7) is 5.27. The van der Waals surface area contributed by atoms with Crippen molar-refractivity contribution in [3.63, 3.8) is 0 Å². The molecule has 1 saturated heterocycles. The van der Waals surface area contributed by atoms with Crippen molar-refractivity contribution in [2.24, 2.45) is 0 Å². The van der Waals surface area contributed by atoms with Gasteiger partial charge in [-0.05, 0) is 19.8 Å². The van der Waals surface area contributed by atoms with Crippen molar-refractivity contribution in [2.45, 2.75) is 45.6 Å². The maximum absolute atomic E-state index is 11.2. The molecule has 1 atom stereocenters. The van der Waals surface area contributed by atoms with Crippen LogP contribution in [0.3, 0.4) is 0 Å². The summed E-state index contributed by atoms with van der Waals surface area (Å²) in [5.41, 5.74) is 0. The fraction of sp³-hybridized carbons (Fsp3) is 0.889. The number of amides is 1. The molecule has 1 aliphatic rings. The van der Waals surface area contributed by atoms with Gasteiger partial charge in [0.05, 0.1) is 0 Å². The van der Waals surface area contributed by atoms with E-state index in [-0.39, 0.29) is 0 Å². The molecule has 1 fully saturated rings. The largest absolute Gasteiger partial charge is 0.340 e. The zero-order valence-electron chi connectivity index (χ0n) is 7.47. The van der Waals surface area contributed by atoms with Crippen molar-refractivity contribution in [3.8, 4) is 0 Å². The Hall–Kier alpha value is -0.530. The van der Waals surface area contributed by atoms with Crippen LogP contribution in [0.2, 0.25) is 0 Å². The van der Waals surface area contributed by atoms with E-state index in [1.807, 2.05) is 4.90 Å². The molecule has 0 saturated carbocycles. The maximum atomic E-state index is 11.2. The lowest BCUT2D eigenvalue weighted by atomic mass is 10.2. The van der Waals surface area contributed by atoms with Gasteiger partial charge < -0.3 is 4.90 Å². The van der Waals surface area contributed by atoms with Gasteiger partial charge in [-0.1, -0.05) is 13.3 Å². The molecule has 1 unspecified atom stereocenters. The lowest BCUT2D eigenvalue weighted by Crippen LogP contribution is -2.31. The van der Waals surface area contributed by atoms with Crippen molar-refractivity contribution in [3.05, 3.63) is 0 Å². The Morgan fingerprint density at radius 1 is 1.64 bits per heavy atom. The normalized spacial score (nSPS) is 24.7. The number of hydrogen-bond donors (Lipinski definition) is 0. The van der Waals surface area contributed by atoms with Gasteiger partial charge in [0, 0.05) is 19.0 Å². The molecule has 0 aromatic heterocycles. The molecule has 2 heteroatoms. The van der Waals surface area contributed by atoms with E-state index in [1.165, 1.54) is 6.42 Å². The SMILES string of the molecule is CCCCN1C(=O)CCC1C. The zero-order valence-corrected chi connectivity index (χ0v) is 7.47. The summed E-state index contributed by atoms with van der Waals surface area (Å²) in [5.74, 6) is 0.353. The summed E-state index contributed by atoms with van der Waals surface area (Å²) >= 11 is 0. The van der Waals surface area contributed by atoms with Crippen molar-refractivity contribution in [1.82, 2.24) is 4.90 Å². The topological polar surface area (TPSA) is 20.3 Å². The first-order valence-electron chi connectivity index (χ1n) is 4.55. The van der Waals surface area contributed by atoms with Crippen LogP contribution in [-0.2, 0) is 4.79 Å². The minimum atomic E-state index is 0.353. The van der Waals surface area contributed by atoms with Gasteiger partial charge in [-0.3, -0.25) is 4.79 Å². The molecule has 0 aliphatic carbocycles. The van der Waals surface area contributed by atoms with Gasteiger partial charge in [0.25, 0.3) is 0 Å². The number of nitrogens with zero attached hydrogens (tertiary/aromatic N) is 1. The van der Waals surface area contributed by atoms with Gasteiger partial charge >= 0.3 is 0 Å². The number of hydrogen-bond acceptors (Lipinski definition) is 1. The van der Waals surface area contributed by atoms with Crippen LogP contribution < -0.4 is 0 Å². The van der Waals surface area contributed by atoms with Gasteiger partial charge in [-0.25, -0.2) is 0 Å². The summed E-state index contributed by atoms with van der Waals surface area (Å²) in [4.78, 5) is 13.2. The molecule has 11 heavy (non-hydrogen) atoms. The van der Waals surface area contributed by atoms with E-state index >= 15 is 0 Å². The first-order valence-corrected chi connectivity index (χ1v) is 4.55. The van der Waals surface area contributed by atoms with Crippen molar-refractivity contribution < 1.29 is 4.79 Å². The highest BCUT2D eigenvalue weighted by atomic mass is 16.2. The van der Waals surface area contributed by atoms with E-state index in [9.17, 15) is 4.79 Å². The second kappa shape index (κ2) is 3.74. The Morgan fingerprint density at radius 2 is 2.36 bits per heavy atom. The third kappa shape index (κ3) is 1.95. The Kier molecular flexibility index (Phi) is 2.92. The lowest BCUT2D eigenvalue weighted by Gasteiger charge is -2.20. The van der Waals surface area contributed by atoms with E-state index in [4.69, 9.17) is 0 Å². The predicted molar refractivity (Wildman–Crippen MR) is 45.3 cm³/mol. The van der Waals surface area contributed by atoms with Crippen LogP contribution in [0.4, 0.5) is 0 Å². The molecular formula is C9H17NO. The van der Waals surface area contributed by atoms with E-state index < -0.39 is 0 Å². The monoisotopic (exact) mass is 155 g/mol. The molecule has 1 aliphatic heterocycles.